The lowest BCUT2D eigenvalue weighted by molar-refractivity contribution is 0.730. The number of nitrogens with zero attached hydrogens (tertiary/aromatic N) is 3. The van der Waals surface area contributed by atoms with Crippen LogP contribution in [0.3, 0.4) is 0 Å². The van der Waals surface area contributed by atoms with Crippen molar-refractivity contribution in [2.24, 2.45) is 0 Å². The molecule has 3 nitrogen and oxygen atoms in total. The van der Waals surface area contributed by atoms with E-state index in [1.165, 1.54) is 10.4 Å². The van der Waals surface area contributed by atoms with Crippen LogP contribution in [0, 0.1) is 0 Å². The molecule has 88 valence electrons. The van der Waals surface area contributed by atoms with Crippen LogP contribution in [0.5, 0.6) is 0 Å². The lowest BCUT2D eigenvalue weighted by Gasteiger charge is -2.28. The highest BCUT2D eigenvalue weighted by Gasteiger charge is 2.20. The van der Waals surface area contributed by atoms with Gasteiger partial charge in [-0.3, -0.25) is 0 Å². The van der Waals surface area contributed by atoms with E-state index in [1.54, 1.807) is 6.20 Å². The third-order valence-electron chi connectivity index (χ3n) is 2.80. The summed E-state index contributed by atoms with van der Waals surface area (Å²) in [6.07, 6.45) is 2.58. The van der Waals surface area contributed by atoms with Gasteiger partial charge in [0.05, 0.1) is 6.20 Å². The maximum atomic E-state index is 6.11. The van der Waals surface area contributed by atoms with Crippen LogP contribution < -0.4 is 4.90 Å². The summed E-state index contributed by atoms with van der Waals surface area (Å²) in [5, 5.41) is 2.91. The molecule has 1 aliphatic heterocycles. The minimum absolute atomic E-state index is 0.237. The molecular weight excluding hydrogens is 277 g/mol. The molecule has 6 heteroatoms. The summed E-state index contributed by atoms with van der Waals surface area (Å²) in [6, 6.07) is 2.16. The standard InChI is InChI=1S/C11H9Cl2N3S/c12-8-5-14-11(13)15-10(8)16-3-1-9-7(6-16)2-4-17-9/h2,4-5H,1,3,6H2. The topological polar surface area (TPSA) is 29.0 Å². The second-order valence-corrected chi connectivity index (χ2v) is 5.60. The molecule has 2 aromatic heterocycles. The maximum Gasteiger partial charge on any atom is 0.224 e. The van der Waals surface area contributed by atoms with Crippen molar-refractivity contribution in [2.45, 2.75) is 13.0 Å². The van der Waals surface area contributed by atoms with Gasteiger partial charge < -0.3 is 4.90 Å². The number of hydrogen-bond donors (Lipinski definition) is 0. The molecule has 0 radical (unpaired) electrons. The number of hydrogen-bond acceptors (Lipinski definition) is 4. The first-order valence-electron chi connectivity index (χ1n) is 5.22. The zero-order valence-electron chi connectivity index (χ0n) is 8.86. The van der Waals surface area contributed by atoms with Crippen LogP contribution in [0.2, 0.25) is 10.3 Å². The third kappa shape index (κ3) is 2.12. The Morgan fingerprint density at radius 2 is 2.24 bits per heavy atom. The molecule has 0 saturated heterocycles. The Bertz CT molecular complexity index is 555. The van der Waals surface area contributed by atoms with Crippen molar-refractivity contribution in [1.29, 1.82) is 0 Å². The molecule has 1 aliphatic rings. The Kier molecular flexibility index (Phi) is 2.94. The van der Waals surface area contributed by atoms with Crippen molar-refractivity contribution >= 4 is 40.4 Å². The smallest absolute Gasteiger partial charge is 0.224 e. The Labute approximate surface area is 113 Å². The molecule has 2 aromatic rings. The quantitative estimate of drug-likeness (QED) is 0.752. The van der Waals surface area contributed by atoms with E-state index in [2.05, 4.69) is 26.3 Å². The largest absolute Gasteiger partial charge is 0.351 e. The van der Waals surface area contributed by atoms with Crippen LogP contribution in [0.1, 0.15) is 10.4 Å². The van der Waals surface area contributed by atoms with Gasteiger partial charge in [-0.1, -0.05) is 11.6 Å². The van der Waals surface area contributed by atoms with Crippen molar-refractivity contribution in [2.75, 3.05) is 11.4 Å². The van der Waals surface area contributed by atoms with E-state index in [0.717, 1.165) is 25.3 Å². The molecule has 0 aromatic carbocycles. The summed E-state index contributed by atoms with van der Waals surface area (Å²) in [5.41, 5.74) is 1.35. The fraction of sp³-hybridized carbons (Fsp3) is 0.273. The average molecular weight is 286 g/mol. The molecule has 0 fully saturated rings. The van der Waals surface area contributed by atoms with Gasteiger partial charge in [0.1, 0.15) is 5.02 Å². The van der Waals surface area contributed by atoms with Crippen molar-refractivity contribution in [1.82, 2.24) is 9.97 Å². The van der Waals surface area contributed by atoms with Crippen LogP contribution in [0.25, 0.3) is 0 Å². The van der Waals surface area contributed by atoms with Crippen molar-refractivity contribution in [3.05, 3.63) is 38.4 Å². The summed E-state index contributed by atoms with van der Waals surface area (Å²) in [4.78, 5) is 11.7. The van der Waals surface area contributed by atoms with Gasteiger partial charge in [0.25, 0.3) is 0 Å². The molecule has 0 N–H and O–H groups in total. The lowest BCUT2D eigenvalue weighted by Crippen LogP contribution is -2.30. The molecule has 3 heterocycles. The summed E-state index contributed by atoms with van der Waals surface area (Å²) in [6.45, 7) is 1.76. The predicted octanol–water partition coefficient (Wildman–Crippen LogP) is 3.41. The summed E-state index contributed by atoms with van der Waals surface area (Å²) in [7, 11) is 0. The Morgan fingerprint density at radius 3 is 3.12 bits per heavy atom. The molecule has 0 spiro atoms. The van der Waals surface area contributed by atoms with E-state index in [0.29, 0.717) is 5.02 Å². The van der Waals surface area contributed by atoms with Gasteiger partial charge >= 0.3 is 0 Å². The fourth-order valence-corrected chi connectivity index (χ4v) is 3.22. The molecule has 0 unspecified atom stereocenters. The van der Waals surface area contributed by atoms with Crippen LogP contribution in [0.15, 0.2) is 17.6 Å². The number of anilines is 1. The highest BCUT2D eigenvalue weighted by Crippen LogP contribution is 2.30. The Hall–Kier alpha value is -0.840. The number of fused-ring (bicyclic) bond motifs is 1. The zero-order chi connectivity index (χ0) is 11.8. The molecule has 0 aliphatic carbocycles. The van der Waals surface area contributed by atoms with E-state index < -0.39 is 0 Å². The van der Waals surface area contributed by atoms with Crippen molar-refractivity contribution in [3.8, 4) is 0 Å². The van der Waals surface area contributed by atoms with Crippen LogP contribution >= 0.6 is 34.5 Å². The third-order valence-corrected chi connectivity index (χ3v) is 4.28. The Morgan fingerprint density at radius 1 is 1.35 bits per heavy atom. The summed E-state index contributed by atoms with van der Waals surface area (Å²) in [5.74, 6) is 0.725. The highest BCUT2D eigenvalue weighted by molar-refractivity contribution is 7.10. The van der Waals surface area contributed by atoms with E-state index in [-0.39, 0.29) is 5.28 Å². The summed E-state index contributed by atoms with van der Waals surface area (Å²) >= 11 is 13.7. The molecule has 0 saturated carbocycles. The second-order valence-electron chi connectivity index (χ2n) is 3.85. The first kappa shape index (κ1) is 11.3. The first-order chi connectivity index (χ1) is 8.24. The highest BCUT2D eigenvalue weighted by atomic mass is 35.5. The van der Waals surface area contributed by atoms with E-state index in [4.69, 9.17) is 23.2 Å². The van der Waals surface area contributed by atoms with Crippen LogP contribution in [-0.4, -0.2) is 16.5 Å². The number of thiophene rings is 1. The van der Waals surface area contributed by atoms with Gasteiger partial charge in [0.2, 0.25) is 5.28 Å². The normalized spacial score (nSPS) is 14.8. The van der Waals surface area contributed by atoms with E-state index in [9.17, 15) is 0 Å². The number of rotatable bonds is 1. The second kappa shape index (κ2) is 4.44. The van der Waals surface area contributed by atoms with Crippen molar-refractivity contribution in [3.63, 3.8) is 0 Å². The maximum absolute atomic E-state index is 6.11. The number of aromatic nitrogens is 2. The monoisotopic (exact) mass is 285 g/mol. The number of halogens is 2. The predicted molar refractivity (Wildman–Crippen MR) is 71.1 cm³/mol. The zero-order valence-corrected chi connectivity index (χ0v) is 11.2. The van der Waals surface area contributed by atoms with E-state index in [1.807, 2.05) is 11.3 Å². The molecule has 0 bridgehead atoms. The Balaban J connectivity index is 1.94. The van der Waals surface area contributed by atoms with Gasteiger partial charge in [0.15, 0.2) is 5.82 Å². The first-order valence-corrected chi connectivity index (χ1v) is 6.86. The van der Waals surface area contributed by atoms with Gasteiger partial charge in [-0.25, -0.2) is 4.98 Å². The minimum Gasteiger partial charge on any atom is -0.351 e. The minimum atomic E-state index is 0.237. The molecule has 0 atom stereocenters. The summed E-state index contributed by atoms with van der Waals surface area (Å²) < 4.78 is 0. The SMILES string of the molecule is Clc1ncc(Cl)c(N2CCc3sccc3C2)n1. The molecule has 0 amide bonds. The van der Waals surface area contributed by atoms with Gasteiger partial charge in [-0.15, -0.1) is 11.3 Å². The van der Waals surface area contributed by atoms with E-state index >= 15 is 0 Å². The van der Waals surface area contributed by atoms with Crippen LogP contribution in [-0.2, 0) is 13.0 Å². The molecular formula is C11H9Cl2N3S. The van der Waals surface area contributed by atoms with Gasteiger partial charge in [-0.2, -0.15) is 4.98 Å². The molecule has 17 heavy (non-hydrogen) atoms. The average Bonchev–Trinajstić information content (AvgIpc) is 2.79. The van der Waals surface area contributed by atoms with Gasteiger partial charge in [-0.05, 0) is 35.0 Å². The van der Waals surface area contributed by atoms with Gasteiger partial charge in [0, 0.05) is 18.0 Å². The van der Waals surface area contributed by atoms with Crippen molar-refractivity contribution < 1.29 is 0 Å². The fourth-order valence-electron chi connectivity index (χ4n) is 1.99. The lowest BCUT2D eigenvalue weighted by atomic mass is 10.1. The molecule has 3 rings (SSSR count). The van der Waals surface area contributed by atoms with Crippen LogP contribution in [0.4, 0.5) is 5.82 Å².